The highest BCUT2D eigenvalue weighted by atomic mass is 79.9. The highest BCUT2D eigenvalue weighted by Gasteiger charge is 2.50. The molecule has 3 heterocycles. The quantitative estimate of drug-likeness (QED) is 0.338. The molecule has 0 N–H and O–H groups in total. The average molecular weight is 520 g/mol. The molecule has 5 rings (SSSR count). The van der Waals surface area contributed by atoms with Gasteiger partial charge in [-0.25, -0.2) is 9.97 Å². The standard InChI is InChI=1S/C29H35BrN4/c1-7-29(8-2)17-26-33(21-11-9-20(10-12-21)18(3)4)27-28(32-14-13-31-27)34(26)25-16-24(30)22(19(5)6)15-23(25)29/h9-16,18-19,26H,7-8,17H2,1-6H3. The first-order valence-electron chi connectivity index (χ1n) is 12.6. The van der Waals surface area contributed by atoms with Crippen LogP contribution in [0.1, 0.15) is 89.3 Å². The molecule has 0 bridgehead atoms. The summed E-state index contributed by atoms with van der Waals surface area (Å²) in [5.41, 5.74) is 6.74. The highest BCUT2D eigenvalue weighted by molar-refractivity contribution is 9.10. The summed E-state index contributed by atoms with van der Waals surface area (Å²) in [5, 5.41) is 0. The zero-order valence-corrected chi connectivity index (χ0v) is 22.7. The SMILES string of the molecule is CCC1(CC)CC2N(c3ccc(C(C)C)cc3)c3nccnc3N2c2cc(Br)c(C(C)C)cc21. The summed E-state index contributed by atoms with van der Waals surface area (Å²) in [6.07, 6.45) is 7.04. The first kappa shape index (κ1) is 23.3. The summed E-state index contributed by atoms with van der Waals surface area (Å²) >= 11 is 3.90. The summed E-state index contributed by atoms with van der Waals surface area (Å²) < 4.78 is 1.17. The van der Waals surface area contributed by atoms with Gasteiger partial charge in [0.2, 0.25) is 0 Å². The number of anilines is 4. The number of fused-ring (bicyclic) bond motifs is 5. The summed E-state index contributed by atoms with van der Waals surface area (Å²) in [6, 6.07) is 13.8. The first-order valence-corrected chi connectivity index (χ1v) is 13.4. The van der Waals surface area contributed by atoms with Gasteiger partial charge < -0.3 is 9.80 Å². The second kappa shape index (κ2) is 8.67. The molecule has 2 aliphatic rings. The number of benzene rings is 2. The van der Waals surface area contributed by atoms with Gasteiger partial charge in [0.25, 0.3) is 0 Å². The smallest absolute Gasteiger partial charge is 0.178 e. The third-order valence-corrected chi connectivity index (χ3v) is 8.73. The molecule has 4 nitrogen and oxygen atoms in total. The van der Waals surface area contributed by atoms with Crippen LogP contribution in [-0.4, -0.2) is 16.1 Å². The van der Waals surface area contributed by atoms with Crippen molar-refractivity contribution in [3.05, 3.63) is 70.0 Å². The Labute approximate surface area is 212 Å². The van der Waals surface area contributed by atoms with Crippen LogP contribution in [0.3, 0.4) is 0 Å². The molecule has 1 atom stereocenters. The number of hydrogen-bond donors (Lipinski definition) is 0. The van der Waals surface area contributed by atoms with E-state index in [1.807, 2.05) is 12.4 Å². The molecule has 0 fully saturated rings. The Hall–Kier alpha value is -2.40. The van der Waals surface area contributed by atoms with E-state index in [-0.39, 0.29) is 11.6 Å². The van der Waals surface area contributed by atoms with Crippen LogP contribution in [-0.2, 0) is 5.41 Å². The molecule has 0 amide bonds. The molecule has 34 heavy (non-hydrogen) atoms. The van der Waals surface area contributed by atoms with Crippen molar-refractivity contribution in [2.45, 2.75) is 84.2 Å². The Kier molecular flexibility index (Phi) is 5.96. The molecule has 0 saturated heterocycles. The molecule has 0 radical (unpaired) electrons. The van der Waals surface area contributed by atoms with Crippen LogP contribution in [0.4, 0.5) is 23.0 Å². The molecule has 2 aliphatic heterocycles. The summed E-state index contributed by atoms with van der Waals surface area (Å²) in [7, 11) is 0. The molecule has 0 aliphatic carbocycles. The van der Waals surface area contributed by atoms with Gasteiger partial charge in [-0.2, -0.15) is 0 Å². The number of aromatic nitrogens is 2. The van der Waals surface area contributed by atoms with Crippen molar-refractivity contribution in [1.82, 2.24) is 9.97 Å². The van der Waals surface area contributed by atoms with Crippen LogP contribution >= 0.6 is 15.9 Å². The van der Waals surface area contributed by atoms with Gasteiger partial charge in [-0.3, -0.25) is 0 Å². The second-order valence-electron chi connectivity index (χ2n) is 10.4. The Morgan fingerprint density at radius 2 is 1.53 bits per heavy atom. The fourth-order valence-corrected chi connectivity index (χ4v) is 6.65. The zero-order chi connectivity index (χ0) is 24.2. The largest absolute Gasteiger partial charge is 0.302 e. The van der Waals surface area contributed by atoms with E-state index >= 15 is 0 Å². The zero-order valence-electron chi connectivity index (χ0n) is 21.1. The van der Waals surface area contributed by atoms with Crippen molar-refractivity contribution >= 4 is 38.9 Å². The van der Waals surface area contributed by atoms with Crippen molar-refractivity contribution in [3.63, 3.8) is 0 Å². The maximum absolute atomic E-state index is 4.86. The van der Waals surface area contributed by atoms with Crippen LogP contribution in [0.15, 0.2) is 53.3 Å². The number of hydrogen-bond acceptors (Lipinski definition) is 4. The molecule has 0 saturated carbocycles. The summed E-state index contributed by atoms with van der Waals surface area (Å²) in [5.74, 6) is 2.87. The molecular formula is C29H35BrN4. The maximum atomic E-state index is 4.86. The van der Waals surface area contributed by atoms with Gasteiger partial charge in [0.15, 0.2) is 11.6 Å². The van der Waals surface area contributed by atoms with E-state index in [0.29, 0.717) is 11.8 Å². The van der Waals surface area contributed by atoms with Gasteiger partial charge in [-0.05, 0) is 66.0 Å². The van der Waals surface area contributed by atoms with Crippen LogP contribution in [0.25, 0.3) is 0 Å². The van der Waals surface area contributed by atoms with Crippen molar-refractivity contribution in [2.24, 2.45) is 0 Å². The monoisotopic (exact) mass is 518 g/mol. The fourth-order valence-electron chi connectivity index (χ4n) is 5.86. The van der Waals surface area contributed by atoms with Gasteiger partial charge >= 0.3 is 0 Å². The lowest BCUT2D eigenvalue weighted by atomic mass is 9.68. The third-order valence-electron chi connectivity index (χ3n) is 8.05. The van der Waals surface area contributed by atoms with Gasteiger partial charge in [0.1, 0.15) is 6.17 Å². The van der Waals surface area contributed by atoms with Crippen molar-refractivity contribution in [3.8, 4) is 0 Å². The lowest BCUT2D eigenvalue weighted by Gasteiger charge is -2.47. The number of halogens is 1. The third kappa shape index (κ3) is 3.46. The van der Waals surface area contributed by atoms with Crippen molar-refractivity contribution in [1.29, 1.82) is 0 Å². The number of nitrogens with zero attached hydrogens (tertiary/aromatic N) is 4. The molecule has 3 aromatic rings. The predicted octanol–water partition coefficient (Wildman–Crippen LogP) is 8.56. The normalized spacial score (nSPS) is 18.3. The molecule has 1 aromatic heterocycles. The minimum atomic E-state index is 0.110. The average Bonchev–Trinajstić information content (AvgIpc) is 3.16. The Bertz CT molecular complexity index is 1200. The van der Waals surface area contributed by atoms with Crippen molar-refractivity contribution < 1.29 is 0 Å². The van der Waals surface area contributed by atoms with Gasteiger partial charge in [-0.15, -0.1) is 0 Å². The summed E-state index contributed by atoms with van der Waals surface area (Å²) in [6.45, 7) is 13.7. The second-order valence-corrected chi connectivity index (χ2v) is 11.3. The van der Waals surface area contributed by atoms with E-state index in [4.69, 9.17) is 9.97 Å². The van der Waals surface area contributed by atoms with Crippen LogP contribution < -0.4 is 9.80 Å². The Morgan fingerprint density at radius 3 is 2.09 bits per heavy atom. The van der Waals surface area contributed by atoms with Gasteiger partial charge in [-0.1, -0.05) is 75.7 Å². The van der Waals surface area contributed by atoms with Gasteiger partial charge in [0.05, 0.1) is 0 Å². The number of rotatable bonds is 5. The molecule has 5 heteroatoms. The molecule has 178 valence electrons. The summed E-state index contributed by atoms with van der Waals surface area (Å²) in [4.78, 5) is 14.6. The maximum Gasteiger partial charge on any atom is 0.178 e. The minimum Gasteiger partial charge on any atom is -0.302 e. The van der Waals surface area contributed by atoms with E-state index in [2.05, 4.69) is 104 Å². The molecule has 2 aromatic carbocycles. The topological polar surface area (TPSA) is 32.3 Å². The molecule has 0 spiro atoms. The van der Waals surface area contributed by atoms with E-state index in [1.54, 1.807) is 0 Å². The highest BCUT2D eigenvalue weighted by Crippen LogP contribution is 2.57. The van der Waals surface area contributed by atoms with Gasteiger partial charge in [0, 0.05) is 33.7 Å². The van der Waals surface area contributed by atoms with Crippen molar-refractivity contribution in [2.75, 3.05) is 9.80 Å². The molecular weight excluding hydrogens is 484 g/mol. The van der Waals surface area contributed by atoms with Crippen LogP contribution in [0.2, 0.25) is 0 Å². The van der Waals surface area contributed by atoms with E-state index in [9.17, 15) is 0 Å². The predicted molar refractivity (Wildman–Crippen MR) is 146 cm³/mol. The van der Waals surface area contributed by atoms with Crippen LogP contribution in [0, 0.1) is 0 Å². The fraction of sp³-hybridized carbons (Fsp3) is 0.448. The Morgan fingerprint density at radius 1 is 0.912 bits per heavy atom. The molecule has 1 unspecified atom stereocenters. The van der Waals surface area contributed by atoms with E-state index < -0.39 is 0 Å². The minimum absolute atomic E-state index is 0.110. The first-order chi connectivity index (χ1) is 16.3. The lowest BCUT2D eigenvalue weighted by molar-refractivity contribution is 0.321. The Balaban J connectivity index is 1.73. The van der Waals surface area contributed by atoms with E-state index in [1.165, 1.54) is 32.5 Å². The van der Waals surface area contributed by atoms with Crippen LogP contribution in [0.5, 0.6) is 0 Å². The lowest BCUT2D eigenvalue weighted by Crippen LogP contribution is -2.49. The van der Waals surface area contributed by atoms with E-state index in [0.717, 1.165) is 30.9 Å².